The highest BCUT2D eigenvalue weighted by atomic mass is 16.5. The van der Waals surface area contributed by atoms with Gasteiger partial charge in [-0.25, -0.2) is 4.79 Å². The van der Waals surface area contributed by atoms with Crippen molar-refractivity contribution in [1.29, 1.82) is 0 Å². The van der Waals surface area contributed by atoms with Gasteiger partial charge in [-0.05, 0) is 61.3 Å². The van der Waals surface area contributed by atoms with E-state index >= 15 is 0 Å². The van der Waals surface area contributed by atoms with Gasteiger partial charge in [0.05, 0.1) is 5.52 Å². The van der Waals surface area contributed by atoms with E-state index in [4.69, 9.17) is 4.52 Å². The third kappa shape index (κ3) is 3.68. The molecule has 2 saturated carbocycles. The molecule has 1 saturated heterocycles. The molecular formula is C31H29N3O4. The van der Waals surface area contributed by atoms with Crippen LogP contribution in [0.25, 0.3) is 28.2 Å². The Hall–Kier alpha value is -4.13. The molecule has 2 aromatic carbocycles. The molecule has 7 nitrogen and oxygen atoms in total. The lowest BCUT2D eigenvalue weighted by atomic mass is 9.99. The van der Waals surface area contributed by atoms with E-state index in [0.717, 1.165) is 46.9 Å². The van der Waals surface area contributed by atoms with Crippen molar-refractivity contribution in [1.82, 2.24) is 9.72 Å². The van der Waals surface area contributed by atoms with Crippen molar-refractivity contribution >= 4 is 28.6 Å². The highest BCUT2D eigenvalue weighted by molar-refractivity contribution is 5.93. The Morgan fingerprint density at radius 1 is 1.13 bits per heavy atom. The SMILES string of the molecule is Cc1ccccc1-c1noc(C2CC2)c1/C=C/C1C2CN(c3ccc4c(=O)c(C(=O)O)cn(C)c4c3)CC12. The maximum atomic E-state index is 12.6. The van der Waals surface area contributed by atoms with Crippen molar-refractivity contribution in [3.8, 4) is 11.3 Å². The van der Waals surface area contributed by atoms with E-state index in [-0.39, 0.29) is 5.56 Å². The summed E-state index contributed by atoms with van der Waals surface area (Å²) in [6.45, 7) is 4.05. The number of anilines is 1. The number of aryl methyl sites for hydroxylation is 2. The first-order valence-corrected chi connectivity index (χ1v) is 13.3. The zero-order chi connectivity index (χ0) is 26.1. The van der Waals surface area contributed by atoms with Gasteiger partial charge in [-0.15, -0.1) is 0 Å². The number of nitrogens with zero attached hydrogens (tertiary/aromatic N) is 3. The highest BCUT2D eigenvalue weighted by Crippen LogP contribution is 2.54. The van der Waals surface area contributed by atoms with Crippen LogP contribution in [0.2, 0.25) is 0 Å². The Morgan fingerprint density at radius 2 is 1.89 bits per heavy atom. The number of carboxylic acid groups (broad SMARTS) is 1. The lowest BCUT2D eigenvalue weighted by Gasteiger charge is -2.22. The number of aromatic carboxylic acids is 1. The summed E-state index contributed by atoms with van der Waals surface area (Å²) in [5, 5.41) is 14.3. The molecule has 7 heteroatoms. The molecule has 0 spiro atoms. The average Bonchev–Trinajstić information content (AvgIpc) is 3.77. The topological polar surface area (TPSA) is 88.6 Å². The number of benzene rings is 2. The largest absolute Gasteiger partial charge is 0.477 e. The fraction of sp³-hybridized carbons (Fsp3) is 0.323. The van der Waals surface area contributed by atoms with Crippen molar-refractivity contribution in [2.24, 2.45) is 24.8 Å². The Morgan fingerprint density at radius 3 is 2.61 bits per heavy atom. The second-order valence-electron chi connectivity index (χ2n) is 11.1. The molecule has 2 aromatic heterocycles. The number of rotatable bonds is 6. The van der Waals surface area contributed by atoms with Gasteiger partial charge in [-0.2, -0.15) is 0 Å². The summed E-state index contributed by atoms with van der Waals surface area (Å²) in [6, 6.07) is 14.0. The zero-order valence-corrected chi connectivity index (χ0v) is 21.4. The predicted octanol–water partition coefficient (Wildman–Crippen LogP) is 5.47. The normalized spacial score (nSPS) is 22.4. The van der Waals surface area contributed by atoms with Crippen LogP contribution >= 0.6 is 0 Å². The first-order valence-electron chi connectivity index (χ1n) is 13.3. The summed E-state index contributed by atoms with van der Waals surface area (Å²) < 4.78 is 7.59. The number of carboxylic acids is 1. The molecule has 38 heavy (non-hydrogen) atoms. The number of hydrogen-bond donors (Lipinski definition) is 1. The van der Waals surface area contributed by atoms with Gasteiger partial charge in [-0.1, -0.05) is 41.6 Å². The van der Waals surface area contributed by atoms with E-state index in [9.17, 15) is 14.7 Å². The molecular weight excluding hydrogens is 478 g/mol. The standard InChI is InChI=1S/C31H29N3O4/c1-17-5-3-4-6-20(17)28-23(30(38-32-28)18-7-8-18)12-11-21-24-15-34(16-25(21)24)19-9-10-22-27(13-19)33(2)14-26(29(22)35)31(36)37/h3-6,9-14,18,21,24-25H,7-8,15-16H2,1-2H3,(H,36,37)/b12-11+. The first-order chi connectivity index (χ1) is 18.4. The van der Waals surface area contributed by atoms with Crippen LogP contribution in [-0.2, 0) is 7.05 Å². The second kappa shape index (κ2) is 8.45. The Bertz CT molecular complexity index is 1680. The van der Waals surface area contributed by atoms with E-state index in [1.165, 1.54) is 24.6 Å². The van der Waals surface area contributed by atoms with Gasteiger partial charge in [0.2, 0.25) is 5.43 Å². The van der Waals surface area contributed by atoms with Crippen molar-refractivity contribution in [3.63, 3.8) is 0 Å². The van der Waals surface area contributed by atoms with Crippen LogP contribution in [0.1, 0.15) is 46.0 Å². The summed E-state index contributed by atoms with van der Waals surface area (Å²) in [5.41, 5.74) is 5.60. The lowest BCUT2D eigenvalue weighted by Crippen LogP contribution is -2.24. The quantitative estimate of drug-likeness (QED) is 0.372. The molecule has 0 radical (unpaired) electrons. The minimum atomic E-state index is -1.20. The van der Waals surface area contributed by atoms with Crippen molar-refractivity contribution in [2.45, 2.75) is 25.7 Å². The third-order valence-corrected chi connectivity index (χ3v) is 8.62. The predicted molar refractivity (Wildman–Crippen MR) is 147 cm³/mol. The molecule has 3 fully saturated rings. The van der Waals surface area contributed by atoms with Crippen molar-refractivity contribution in [3.05, 3.63) is 87.4 Å². The van der Waals surface area contributed by atoms with Crippen LogP contribution in [0.3, 0.4) is 0 Å². The molecule has 192 valence electrons. The summed E-state index contributed by atoms with van der Waals surface area (Å²) in [6.07, 6.45) is 8.37. The molecule has 4 aromatic rings. The fourth-order valence-electron chi connectivity index (χ4n) is 6.24. The van der Waals surface area contributed by atoms with Crippen molar-refractivity contribution in [2.75, 3.05) is 18.0 Å². The number of piperidine rings is 1. The molecule has 1 N–H and O–H groups in total. The maximum Gasteiger partial charge on any atom is 0.341 e. The molecule has 1 aliphatic heterocycles. The summed E-state index contributed by atoms with van der Waals surface area (Å²) in [7, 11) is 1.78. The molecule has 3 heterocycles. The van der Waals surface area contributed by atoms with E-state index in [2.05, 4.69) is 53.4 Å². The minimum absolute atomic E-state index is 0.201. The van der Waals surface area contributed by atoms with Gasteiger partial charge < -0.3 is 19.1 Å². The van der Waals surface area contributed by atoms with Crippen LogP contribution in [-0.4, -0.2) is 33.9 Å². The maximum absolute atomic E-state index is 12.6. The monoisotopic (exact) mass is 507 g/mol. The van der Waals surface area contributed by atoms with Crippen LogP contribution in [0.4, 0.5) is 5.69 Å². The Labute approximate surface area is 220 Å². The molecule has 2 atom stereocenters. The number of allylic oxidation sites excluding steroid dienone is 1. The van der Waals surface area contributed by atoms with Crippen LogP contribution < -0.4 is 10.3 Å². The first kappa shape index (κ1) is 23.0. The number of fused-ring (bicyclic) bond motifs is 2. The molecule has 0 amide bonds. The summed E-state index contributed by atoms with van der Waals surface area (Å²) in [4.78, 5) is 26.4. The molecule has 2 aliphatic carbocycles. The van der Waals surface area contributed by atoms with E-state index < -0.39 is 11.4 Å². The molecule has 0 bridgehead atoms. The summed E-state index contributed by atoms with van der Waals surface area (Å²) in [5.74, 6) is 2.07. The van der Waals surface area contributed by atoms with Crippen LogP contribution in [0, 0.1) is 24.7 Å². The van der Waals surface area contributed by atoms with E-state index in [1.54, 1.807) is 17.7 Å². The second-order valence-corrected chi connectivity index (χ2v) is 11.1. The van der Waals surface area contributed by atoms with E-state index in [0.29, 0.717) is 29.1 Å². The van der Waals surface area contributed by atoms with Gasteiger partial charge >= 0.3 is 5.97 Å². The Kier molecular flexibility index (Phi) is 5.12. The zero-order valence-electron chi connectivity index (χ0n) is 21.4. The lowest BCUT2D eigenvalue weighted by molar-refractivity contribution is 0.0695. The van der Waals surface area contributed by atoms with Gasteiger partial charge in [0, 0.05) is 54.5 Å². The fourth-order valence-corrected chi connectivity index (χ4v) is 6.24. The third-order valence-electron chi connectivity index (χ3n) is 8.62. The van der Waals surface area contributed by atoms with Crippen LogP contribution in [0.15, 0.2) is 64.1 Å². The molecule has 2 unspecified atom stereocenters. The van der Waals surface area contributed by atoms with Crippen LogP contribution in [0.5, 0.6) is 0 Å². The number of hydrogen-bond acceptors (Lipinski definition) is 5. The number of pyridine rings is 1. The van der Waals surface area contributed by atoms with E-state index in [1.807, 2.05) is 12.1 Å². The Balaban J connectivity index is 1.11. The number of carbonyl (C=O) groups is 1. The summed E-state index contributed by atoms with van der Waals surface area (Å²) >= 11 is 0. The number of aromatic nitrogens is 2. The van der Waals surface area contributed by atoms with Gasteiger partial charge in [-0.3, -0.25) is 4.79 Å². The van der Waals surface area contributed by atoms with Gasteiger partial charge in [0.25, 0.3) is 0 Å². The average molecular weight is 508 g/mol. The molecule has 3 aliphatic rings. The van der Waals surface area contributed by atoms with Gasteiger partial charge in [0.15, 0.2) is 0 Å². The smallest absolute Gasteiger partial charge is 0.341 e. The minimum Gasteiger partial charge on any atom is -0.477 e. The molecule has 7 rings (SSSR count). The van der Waals surface area contributed by atoms with Crippen molar-refractivity contribution < 1.29 is 14.4 Å². The highest BCUT2D eigenvalue weighted by Gasteiger charge is 2.54. The van der Waals surface area contributed by atoms with Gasteiger partial charge in [0.1, 0.15) is 17.0 Å².